The van der Waals surface area contributed by atoms with Crippen molar-refractivity contribution in [2.24, 2.45) is 0 Å². The van der Waals surface area contributed by atoms with Gasteiger partial charge in [0.15, 0.2) is 6.23 Å². The normalized spacial score (nSPS) is 25.2. The van der Waals surface area contributed by atoms with Crippen LogP contribution in [0.3, 0.4) is 0 Å². The summed E-state index contributed by atoms with van der Waals surface area (Å²) in [5, 5.41) is 0. The zero-order chi connectivity index (χ0) is 31.7. The second-order valence-electron chi connectivity index (χ2n) is 12.9. The number of aryl methyl sites for hydroxylation is 2. The maximum absolute atomic E-state index is 13.5. The Hall–Kier alpha value is -2.20. The highest BCUT2D eigenvalue weighted by Gasteiger charge is 2.62. The number of ether oxygens (including phenoxy) is 3. The van der Waals surface area contributed by atoms with Crippen molar-refractivity contribution in [2.45, 2.75) is 116 Å². The van der Waals surface area contributed by atoms with Crippen molar-refractivity contribution in [1.29, 1.82) is 0 Å². The summed E-state index contributed by atoms with van der Waals surface area (Å²) < 4.78 is 41.3. The molecule has 0 bridgehead atoms. The van der Waals surface area contributed by atoms with Crippen LogP contribution in [0.15, 0.2) is 35.3 Å². The lowest BCUT2D eigenvalue weighted by Gasteiger charge is -2.51. The SMILES string of the molecule is Cc1cccc(C)c1Oc1ccn([C@@H]2O[C@@H]3CO[Si](C(C)C)(C(C)C)O[Si](C(C)C)(C(C)C)O[C@H]3[C@H]2OCC=O)c(=O)n1. The topological polar surface area (TPSA) is 107 Å². The van der Waals surface area contributed by atoms with E-state index < -0.39 is 47.4 Å². The van der Waals surface area contributed by atoms with E-state index in [1.165, 1.54) is 4.57 Å². The number of carbonyl (C=O) groups is 1. The van der Waals surface area contributed by atoms with Crippen LogP contribution in [0.25, 0.3) is 0 Å². The van der Waals surface area contributed by atoms with Crippen molar-refractivity contribution in [1.82, 2.24) is 9.55 Å². The van der Waals surface area contributed by atoms with Gasteiger partial charge >= 0.3 is 22.8 Å². The monoisotopic (exact) mass is 632 g/mol. The zero-order valence-corrected chi connectivity index (χ0v) is 29.2. The van der Waals surface area contributed by atoms with Crippen LogP contribution in [0.2, 0.25) is 22.2 Å². The number of nitrogens with zero attached hydrogens (tertiary/aromatic N) is 2. The molecule has 0 N–H and O–H groups in total. The second kappa shape index (κ2) is 13.4. The molecule has 43 heavy (non-hydrogen) atoms. The van der Waals surface area contributed by atoms with E-state index in [-0.39, 0.29) is 41.3 Å². The van der Waals surface area contributed by atoms with E-state index in [9.17, 15) is 9.59 Å². The molecule has 12 heteroatoms. The fourth-order valence-electron chi connectivity index (χ4n) is 6.39. The van der Waals surface area contributed by atoms with E-state index in [2.05, 4.69) is 60.4 Å². The van der Waals surface area contributed by atoms with Gasteiger partial charge in [-0.05, 0) is 47.1 Å². The summed E-state index contributed by atoms with van der Waals surface area (Å²) >= 11 is 0. The molecule has 2 aromatic rings. The molecule has 0 unspecified atom stereocenters. The van der Waals surface area contributed by atoms with Crippen molar-refractivity contribution in [3.63, 3.8) is 0 Å². The fourth-order valence-corrected chi connectivity index (χ4v) is 17.6. The fraction of sp³-hybridized carbons (Fsp3) is 0.645. The number of para-hydroxylation sites is 1. The van der Waals surface area contributed by atoms with Gasteiger partial charge in [0, 0.05) is 12.3 Å². The Bertz CT molecular complexity index is 1290. The number of fused-ring (bicyclic) bond motifs is 1. The van der Waals surface area contributed by atoms with E-state index in [1.54, 1.807) is 12.3 Å². The van der Waals surface area contributed by atoms with Gasteiger partial charge in [-0.25, -0.2) is 4.79 Å². The van der Waals surface area contributed by atoms with Gasteiger partial charge in [-0.3, -0.25) is 4.57 Å². The number of rotatable bonds is 10. The highest BCUT2D eigenvalue weighted by Crippen LogP contribution is 2.48. The maximum atomic E-state index is 13.5. The van der Waals surface area contributed by atoms with Crippen LogP contribution in [-0.4, -0.2) is 64.5 Å². The lowest BCUT2D eigenvalue weighted by atomic mass is 10.1. The predicted octanol–water partition coefficient (Wildman–Crippen LogP) is 6.09. The Kier molecular flexibility index (Phi) is 10.5. The van der Waals surface area contributed by atoms with Crippen LogP contribution in [0.1, 0.15) is 72.7 Å². The van der Waals surface area contributed by atoms with Gasteiger partial charge in [-0.2, -0.15) is 4.98 Å². The predicted molar refractivity (Wildman–Crippen MR) is 168 cm³/mol. The molecule has 4 rings (SSSR count). The van der Waals surface area contributed by atoms with Crippen LogP contribution in [-0.2, 0) is 27.2 Å². The second-order valence-corrected chi connectivity index (χ2v) is 21.7. The molecule has 0 amide bonds. The van der Waals surface area contributed by atoms with Gasteiger partial charge < -0.3 is 32.0 Å². The Labute approximate surface area is 257 Å². The number of hydrogen-bond donors (Lipinski definition) is 0. The average Bonchev–Trinajstić information content (AvgIpc) is 3.24. The van der Waals surface area contributed by atoms with Gasteiger partial charge in [0.1, 0.15) is 37.0 Å². The Morgan fingerprint density at radius 2 is 1.58 bits per heavy atom. The van der Waals surface area contributed by atoms with Crippen LogP contribution >= 0.6 is 0 Å². The minimum atomic E-state index is -2.99. The summed E-state index contributed by atoms with van der Waals surface area (Å²) in [6.45, 7) is 21.1. The summed E-state index contributed by atoms with van der Waals surface area (Å²) in [5.74, 6) is 0.837. The summed E-state index contributed by atoms with van der Waals surface area (Å²) in [5.41, 5.74) is 1.84. The first-order chi connectivity index (χ1) is 20.3. The minimum absolute atomic E-state index is 0.0933. The van der Waals surface area contributed by atoms with Crippen molar-refractivity contribution in [3.8, 4) is 11.6 Å². The maximum Gasteiger partial charge on any atom is 0.353 e. The van der Waals surface area contributed by atoms with Crippen molar-refractivity contribution in [2.75, 3.05) is 13.2 Å². The van der Waals surface area contributed by atoms with E-state index in [1.807, 2.05) is 32.0 Å². The Balaban J connectivity index is 1.75. The zero-order valence-electron chi connectivity index (χ0n) is 27.2. The van der Waals surface area contributed by atoms with Gasteiger partial charge in [0.05, 0.1) is 6.61 Å². The van der Waals surface area contributed by atoms with Crippen molar-refractivity contribution < 1.29 is 32.0 Å². The quantitative estimate of drug-likeness (QED) is 0.227. The highest BCUT2D eigenvalue weighted by molar-refractivity contribution is 6.84. The largest absolute Gasteiger partial charge is 0.438 e. The molecule has 2 saturated heterocycles. The van der Waals surface area contributed by atoms with Gasteiger partial charge in [-0.1, -0.05) is 73.6 Å². The molecule has 1 aromatic heterocycles. The molecule has 3 heterocycles. The smallest absolute Gasteiger partial charge is 0.353 e. The van der Waals surface area contributed by atoms with Gasteiger partial charge in [0.25, 0.3) is 0 Å². The van der Waals surface area contributed by atoms with E-state index >= 15 is 0 Å². The lowest BCUT2D eigenvalue weighted by Crippen LogP contribution is -2.66. The summed E-state index contributed by atoms with van der Waals surface area (Å²) in [4.78, 5) is 29.1. The molecule has 0 radical (unpaired) electrons. The van der Waals surface area contributed by atoms with E-state index in [0.717, 1.165) is 11.1 Å². The summed E-state index contributed by atoms with van der Waals surface area (Å²) in [7, 11) is -5.78. The number of hydrogen-bond acceptors (Lipinski definition) is 9. The van der Waals surface area contributed by atoms with Crippen LogP contribution < -0.4 is 10.4 Å². The van der Waals surface area contributed by atoms with Crippen LogP contribution in [0, 0.1) is 13.8 Å². The van der Waals surface area contributed by atoms with E-state index in [4.69, 9.17) is 27.2 Å². The van der Waals surface area contributed by atoms with Gasteiger partial charge in [-0.15, -0.1) is 0 Å². The standard InChI is InChI=1S/C31H48N2O8Si2/c1-19(2)42(20(3)4)37-18-25-28(40-43(41-42,21(5)6)22(7)8)29(36-17-16-34)30(38-25)33-15-14-26(32-31(33)35)39-27-23(9)12-11-13-24(27)10/h11-16,19-22,25,28-30H,17-18H2,1-10H3/t25-,28-,29-,30-/m1/s1. The Morgan fingerprint density at radius 3 is 2.12 bits per heavy atom. The summed E-state index contributed by atoms with van der Waals surface area (Å²) in [6, 6.07) is 7.46. The first kappa shape index (κ1) is 33.7. The molecule has 0 saturated carbocycles. The van der Waals surface area contributed by atoms with Crippen molar-refractivity contribution in [3.05, 3.63) is 52.1 Å². The van der Waals surface area contributed by atoms with Crippen molar-refractivity contribution >= 4 is 23.4 Å². The molecular formula is C31H48N2O8Si2. The number of carbonyl (C=O) groups excluding carboxylic acids is 1. The Morgan fingerprint density at radius 1 is 0.977 bits per heavy atom. The molecule has 0 spiro atoms. The van der Waals surface area contributed by atoms with Crippen LogP contribution in [0.4, 0.5) is 0 Å². The third-order valence-corrected chi connectivity index (χ3v) is 18.9. The molecule has 0 aliphatic carbocycles. The molecule has 4 atom stereocenters. The molecule has 2 aliphatic heterocycles. The first-order valence-electron chi connectivity index (χ1n) is 15.3. The van der Waals surface area contributed by atoms with E-state index in [0.29, 0.717) is 12.0 Å². The molecule has 2 aliphatic rings. The first-order valence-corrected chi connectivity index (χ1v) is 19.3. The molecule has 2 fully saturated rings. The summed E-state index contributed by atoms with van der Waals surface area (Å²) in [6.07, 6.45) is -0.557. The highest BCUT2D eigenvalue weighted by atomic mass is 28.5. The number of benzene rings is 1. The minimum Gasteiger partial charge on any atom is -0.438 e. The average molecular weight is 633 g/mol. The number of aromatic nitrogens is 2. The van der Waals surface area contributed by atoms with Crippen LogP contribution in [0.5, 0.6) is 11.6 Å². The number of aldehydes is 1. The van der Waals surface area contributed by atoms with Gasteiger partial charge in [0.2, 0.25) is 5.88 Å². The molecule has 10 nitrogen and oxygen atoms in total. The molecule has 238 valence electrons. The molecule has 1 aromatic carbocycles. The lowest BCUT2D eigenvalue weighted by molar-refractivity contribution is -0.119. The molecular weight excluding hydrogens is 585 g/mol. The third kappa shape index (κ3) is 6.46. The third-order valence-electron chi connectivity index (χ3n) is 8.67.